The van der Waals surface area contributed by atoms with Gasteiger partial charge in [-0.05, 0) is 107 Å². The third-order valence-electron chi connectivity index (χ3n) is 9.56. The van der Waals surface area contributed by atoms with Crippen LogP contribution in [-0.2, 0) is 18.3 Å². The Bertz CT molecular complexity index is 1600. The van der Waals surface area contributed by atoms with Gasteiger partial charge in [0.15, 0.2) is 0 Å². The van der Waals surface area contributed by atoms with Crippen molar-refractivity contribution in [2.75, 3.05) is 7.11 Å². The van der Waals surface area contributed by atoms with Crippen LogP contribution in [0.1, 0.15) is 47.9 Å². The molecule has 2 nitrogen and oxygen atoms in total. The minimum absolute atomic E-state index is 0.0750. The quantitative estimate of drug-likeness (QED) is 0.256. The number of benzene rings is 5. The van der Waals surface area contributed by atoms with E-state index in [2.05, 4.69) is 97.1 Å². The Labute approximate surface area is 230 Å². The summed E-state index contributed by atoms with van der Waals surface area (Å²) in [5.74, 6) is 1.11. The number of hydrogen-bond donors (Lipinski definition) is 1. The maximum Gasteiger partial charge on any atom is 0.123 e. The summed E-state index contributed by atoms with van der Waals surface area (Å²) in [7, 11) is 1.68. The minimum Gasteiger partial charge on any atom is -0.507 e. The van der Waals surface area contributed by atoms with E-state index in [0.29, 0.717) is 5.75 Å². The summed E-state index contributed by atoms with van der Waals surface area (Å²) in [5.41, 5.74) is 8.32. The molecule has 0 bridgehead atoms. The molecule has 2 heteroatoms. The van der Waals surface area contributed by atoms with Gasteiger partial charge < -0.3 is 9.84 Å². The lowest BCUT2D eigenvalue weighted by molar-refractivity contribution is 0.143. The summed E-state index contributed by atoms with van der Waals surface area (Å²) < 4.78 is 5.49. The average Bonchev–Trinajstić information content (AvgIpc) is 3.25. The van der Waals surface area contributed by atoms with E-state index >= 15 is 0 Å². The molecule has 0 unspecified atom stereocenters. The fourth-order valence-corrected chi connectivity index (χ4v) is 7.66. The van der Waals surface area contributed by atoms with Crippen LogP contribution in [0.3, 0.4) is 0 Å². The molecule has 0 heterocycles. The van der Waals surface area contributed by atoms with Crippen molar-refractivity contribution in [3.8, 4) is 22.6 Å². The van der Waals surface area contributed by atoms with Gasteiger partial charge in [0.25, 0.3) is 0 Å². The Kier molecular flexibility index (Phi) is 5.74. The molecule has 39 heavy (non-hydrogen) atoms. The Morgan fingerprint density at radius 2 is 1.26 bits per heavy atom. The Balaban J connectivity index is 1.33. The van der Waals surface area contributed by atoms with Crippen molar-refractivity contribution in [2.24, 2.45) is 5.41 Å². The molecule has 0 atom stereocenters. The van der Waals surface area contributed by atoms with Crippen LogP contribution in [0.5, 0.6) is 11.5 Å². The topological polar surface area (TPSA) is 29.5 Å². The molecule has 5 aromatic rings. The highest BCUT2D eigenvalue weighted by atomic mass is 16.5. The van der Waals surface area contributed by atoms with Crippen molar-refractivity contribution in [3.05, 3.63) is 131 Å². The Hall–Kier alpha value is -4.04. The van der Waals surface area contributed by atoms with Crippen molar-refractivity contribution in [3.63, 3.8) is 0 Å². The molecule has 0 saturated heterocycles. The van der Waals surface area contributed by atoms with Crippen LogP contribution in [0.25, 0.3) is 21.9 Å². The molecule has 2 aliphatic rings. The summed E-state index contributed by atoms with van der Waals surface area (Å²) in [5, 5.41) is 13.3. The number of hydrogen-bond acceptors (Lipinski definition) is 2. The highest BCUT2D eigenvalue weighted by Crippen LogP contribution is 2.61. The van der Waals surface area contributed by atoms with Crippen molar-refractivity contribution in [2.45, 2.75) is 43.9 Å². The number of ether oxygens (including phenoxy) is 1. The number of phenols is 1. The van der Waals surface area contributed by atoms with Crippen molar-refractivity contribution in [1.29, 1.82) is 0 Å². The van der Waals surface area contributed by atoms with Gasteiger partial charge in [-0.1, -0.05) is 84.9 Å². The zero-order valence-corrected chi connectivity index (χ0v) is 22.5. The highest BCUT2D eigenvalue weighted by Gasteiger charge is 2.49. The van der Waals surface area contributed by atoms with Crippen LogP contribution >= 0.6 is 0 Å². The zero-order chi connectivity index (χ0) is 26.5. The van der Waals surface area contributed by atoms with E-state index in [0.717, 1.165) is 55.0 Å². The molecular weight excluding hydrogens is 476 g/mol. The Morgan fingerprint density at radius 1 is 0.641 bits per heavy atom. The molecule has 1 spiro atoms. The largest absolute Gasteiger partial charge is 0.507 e. The first-order valence-corrected chi connectivity index (χ1v) is 14.1. The second-order valence-electron chi connectivity index (χ2n) is 11.7. The third kappa shape index (κ3) is 3.93. The number of aromatic hydroxyl groups is 1. The molecule has 0 radical (unpaired) electrons. The van der Waals surface area contributed by atoms with Crippen molar-refractivity contribution in [1.82, 2.24) is 0 Å². The normalized spacial score (nSPS) is 16.6. The van der Waals surface area contributed by atoms with E-state index in [1.54, 1.807) is 7.11 Å². The molecule has 0 aromatic heterocycles. The molecule has 0 aliphatic heterocycles. The first-order chi connectivity index (χ1) is 19.1. The predicted octanol–water partition coefficient (Wildman–Crippen LogP) is 8.87. The molecule has 1 N–H and O–H groups in total. The molecule has 1 fully saturated rings. The van der Waals surface area contributed by atoms with E-state index in [1.165, 1.54) is 33.4 Å². The minimum atomic E-state index is -0.0750. The smallest absolute Gasteiger partial charge is 0.123 e. The predicted molar refractivity (Wildman–Crippen MR) is 160 cm³/mol. The molecular formula is C37H34O2. The second kappa shape index (κ2) is 9.31. The van der Waals surface area contributed by atoms with E-state index < -0.39 is 0 Å². The van der Waals surface area contributed by atoms with Crippen LogP contribution in [-0.4, -0.2) is 12.2 Å². The van der Waals surface area contributed by atoms with Crippen LogP contribution < -0.4 is 4.74 Å². The third-order valence-corrected chi connectivity index (χ3v) is 9.56. The van der Waals surface area contributed by atoms with Crippen LogP contribution in [0.15, 0.2) is 109 Å². The number of rotatable bonds is 5. The number of fused-ring (bicyclic) bond motifs is 7. The van der Waals surface area contributed by atoms with E-state index in [4.69, 9.17) is 4.74 Å². The van der Waals surface area contributed by atoms with Gasteiger partial charge in [-0.25, -0.2) is 0 Å². The lowest BCUT2D eigenvalue weighted by Gasteiger charge is -2.46. The van der Waals surface area contributed by atoms with Gasteiger partial charge in [-0.3, -0.25) is 0 Å². The first kappa shape index (κ1) is 24.0. The van der Waals surface area contributed by atoms with Gasteiger partial charge >= 0.3 is 0 Å². The lowest BCUT2D eigenvalue weighted by Crippen LogP contribution is -2.39. The van der Waals surface area contributed by atoms with Crippen LogP contribution in [0.2, 0.25) is 0 Å². The zero-order valence-electron chi connectivity index (χ0n) is 22.5. The summed E-state index contributed by atoms with van der Waals surface area (Å²) >= 11 is 0. The van der Waals surface area contributed by atoms with Gasteiger partial charge in [0.1, 0.15) is 11.5 Å². The fourth-order valence-electron chi connectivity index (χ4n) is 7.66. The summed E-state index contributed by atoms with van der Waals surface area (Å²) in [4.78, 5) is 0. The van der Waals surface area contributed by atoms with Gasteiger partial charge in [-0.2, -0.15) is 0 Å². The van der Waals surface area contributed by atoms with E-state index in [1.807, 2.05) is 12.1 Å². The molecule has 1 saturated carbocycles. The Morgan fingerprint density at radius 3 is 1.90 bits per heavy atom. The van der Waals surface area contributed by atoms with Crippen LogP contribution in [0, 0.1) is 5.41 Å². The molecule has 194 valence electrons. The van der Waals surface area contributed by atoms with Gasteiger partial charge in [-0.15, -0.1) is 0 Å². The van der Waals surface area contributed by atoms with Gasteiger partial charge in [0.05, 0.1) is 7.11 Å². The molecule has 2 aliphatic carbocycles. The van der Waals surface area contributed by atoms with Crippen molar-refractivity contribution >= 4 is 10.8 Å². The van der Waals surface area contributed by atoms with Crippen molar-refractivity contribution < 1.29 is 9.84 Å². The lowest BCUT2D eigenvalue weighted by atomic mass is 9.57. The monoisotopic (exact) mass is 510 g/mol. The number of phenolic OH excluding ortho intramolecular Hbond substituents is 1. The summed E-state index contributed by atoms with van der Waals surface area (Å²) in [6.45, 7) is 0. The maximum atomic E-state index is 11.3. The average molecular weight is 511 g/mol. The highest BCUT2D eigenvalue weighted by molar-refractivity contribution is 6.05. The van der Waals surface area contributed by atoms with Gasteiger partial charge in [0.2, 0.25) is 0 Å². The summed E-state index contributed by atoms with van der Waals surface area (Å²) in [6, 6.07) is 39.2. The first-order valence-electron chi connectivity index (χ1n) is 14.1. The number of methoxy groups -OCH3 is 1. The van der Waals surface area contributed by atoms with Crippen LogP contribution in [0.4, 0.5) is 0 Å². The molecule has 7 rings (SSSR count). The standard InChI is InChI=1S/C37H34O2/c1-39-28-16-17-29-31(22-28)34(38)23-33-35(29)30-14-8-9-15-32(30)37(33)20-18-36(19-21-37,24-26-10-4-2-5-11-26)25-27-12-6-3-7-13-27/h2-17,22-23,38H,18-21,24-25H2,1H3. The van der Waals surface area contributed by atoms with E-state index in [9.17, 15) is 5.11 Å². The molecule has 0 amide bonds. The maximum absolute atomic E-state index is 11.3. The summed E-state index contributed by atoms with van der Waals surface area (Å²) in [6.07, 6.45) is 6.64. The molecule has 5 aromatic carbocycles. The van der Waals surface area contributed by atoms with E-state index in [-0.39, 0.29) is 10.8 Å². The SMILES string of the molecule is COc1ccc2c3c(cc(O)c2c1)C1(CCC(Cc2ccccc2)(Cc2ccccc2)CC1)c1ccccc1-3. The second-order valence-corrected chi connectivity index (χ2v) is 11.7. The fraction of sp³-hybridized carbons (Fsp3) is 0.243. The van der Waals surface area contributed by atoms with Gasteiger partial charge in [0, 0.05) is 10.8 Å².